The first-order chi connectivity index (χ1) is 11.4. The molecule has 3 aromatic rings. The SMILES string of the molecule is CC(C)(C)OC(=O)n1nc(CBr)c2c(-c3ccccc3)cccc21. The van der Waals surface area contributed by atoms with Crippen LogP contribution in [-0.4, -0.2) is 21.5 Å². The first kappa shape index (κ1) is 16.7. The minimum Gasteiger partial charge on any atom is -0.442 e. The Morgan fingerprint density at radius 1 is 1.12 bits per heavy atom. The first-order valence-electron chi connectivity index (χ1n) is 7.76. The van der Waals surface area contributed by atoms with Crippen molar-refractivity contribution in [2.45, 2.75) is 31.7 Å². The van der Waals surface area contributed by atoms with E-state index in [1.165, 1.54) is 4.68 Å². The maximum Gasteiger partial charge on any atom is 0.435 e. The molecular formula is C19H19BrN2O2. The third-order valence-electron chi connectivity index (χ3n) is 3.56. The van der Waals surface area contributed by atoms with Gasteiger partial charge in [0.05, 0.1) is 11.2 Å². The molecule has 0 aliphatic rings. The maximum atomic E-state index is 12.5. The Balaban J connectivity index is 2.20. The molecule has 1 heterocycles. The molecule has 3 rings (SSSR count). The lowest BCUT2D eigenvalue weighted by Crippen LogP contribution is -2.27. The number of fused-ring (bicyclic) bond motifs is 1. The summed E-state index contributed by atoms with van der Waals surface area (Å²) in [6.45, 7) is 5.53. The second kappa shape index (κ2) is 6.40. The second-order valence-corrected chi connectivity index (χ2v) is 7.10. The Hall–Kier alpha value is -2.14. The standard InChI is InChI=1S/C19H19BrN2O2/c1-19(2,3)24-18(23)22-16-11-7-10-14(13-8-5-4-6-9-13)17(16)15(12-20)21-22/h4-11H,12H2,1-3H3. The molecule has 5 heteroatoms. The Bertz CT molecular complexity index is 880. The van der Waals surface area contributed by atoms with Gasteiger partial charge in [-0.2, -0.15) is 9.78 Å². The molecule has 0 spiro atoms. The van der Waals surface area contributed by atoms with Crippen molar-refractivity contribution in [1.29, 1.82) is 0 Å². The number of ether oxygens (including phenoxy) is 1. The highest BCUT2D eigenvalue weighted by molar-refractivity contribution is 9.08. The van der Waals surface area contributed by atoms with E-state index in [0.29, 0.717) is 5.33 Å². The first-order valence-corrected chi connectivity index (χ1v) is 8.88. The smallest absolute Gasteiger partial charge is 0.435 e. The highest BCUT2D eigenvalue weighted by atomic mass is 79.9. The van der Waals surface area contributed by atoms with E-state index in [4.69, 9.17) is 4.74 Å². The third kappa shape index (κ3) is 3.22. The lowest BCUT2D eigenvalue weighted by molar-refractivity contribution is 0.0522. The van der Waals surface area contributed by atoms with Gasteiger partial charge in [-0.25, -0.2) is 4.79 Å². The summed E-state index contributed by atoms with van der Waals surface area (Å²) in [5.74, 6) is 0. The number of hydrogen-bond donors (Lipinski definition) is 0. The Morgan fingerprint density at radius 2 is 1.83 bits per heavy atom. The van der Waals surface area contributed by atoms with Gasteiger partial charge < -0.3 is 4.74 Å². The molecule has 0 saturated carbocycles. The van der Waals surface area contributed by atoms with Gasteiger partial charge >= 0.3 is 6.09 Å². The van der Waals surface area contributed by atoms with Crippen LogP contribution >= 0.6 is 15.9 Å². The summed E-state index contributed by atoms with van der Waals surface area (Å²) < 4.78 is 6.83. The predicted octanol–water partition coefficient (Wildman–Crippen LogP) is 5.38. The zero-order chi connectivity index (χ0) is 17.3. The van der Waals surface area contributed by atoms with Crippen LogP contribution in [-0.2, 0) is 10.1 Å². The molecule has 0 unspecified atom stereocenters. The van der Waals surface area contributed by atoms with Crippen molar-refractivity contribution in [1.82, 2.24) is 9.78 Å². The molecule has 1 aromatic heterocycles. The van der Waals surface area contributed by atoms with Crippen LogP contribution in [0.15, 0.2) is 48.5 Å². The lowest BCUT2D eigenvalue weighted by atomic mass is 10.0. The lowest BCUT2D eigenvalue weighted by Gasteiger charge is -2.19. The van der Waals surface area contributed by atoms with Crippen molar-refractivity contribution in [3.05, 3.63) is 54.2 Å². The number of hydrogen-bond acceptors (Lipinski definition) is 3. The summed E-state index contributed by atoms with van der Waals surface area (Å²) >= 11 is 3.48. The quantitative estimate of drug-likeness (QED) is 0.555. The van der Waals surface area contributed by atoms with Crippen LogP contribution < -0.4 is 0 Å². The molecule has 0 saturated heterocycles. The van der Waals surface area contributed by atoms with E-state index >= 15 is 0 Å². The van der Waals surface area contributed by atoms with Crippen molar-refractivity contribution >= 4 is 32.9 Å². The van der Waals surface area contributed by atoms with Gasteiger partial charge in [0.1, 0.15) is 5.60 Å². The van der Waals surface area contributed by atoms with Gasteiger partial charge in [0.25, 0.3) is 0 Å². The average Bonchev–Trinajstić information content (AvgIpc) is 2.93. The third-order valence-corrected chi connectivity index (χ3v) is 4.09. The summed E-state index contributed by atoms with van der Waals surface area (Å²) in [6.07, 6.45) is -0.468. The van der Waals surface area contributed by atoms with Crippen LogP contribution in [0.2, 0.25) is 0 Å². The molecule has 0 fully saturated rings. The monoisotopic (exact) mass is 386 g/mol. The normalized spacial score (nSPS) is 11.7. The Morgan fingerprint density at radius 3 is 2.46 bits per heavy atom. The minimum absolute atomic E-state index is 0.468. The molecule has 2 aromatic carbocycles. The average molecular weight is 387 g/mol. The van der Waals surface area contributed by atoms with E-state index in [0.717, 1.165) is 27.7 Å². The van der Waals surface area contributed by atoms with E-state index in [9.17, 15) is 4.79 Å². The molecule has 0 aliphatic carbocycles. The maximum absolute atomic E-state index is 12.5. The van der Waals surface area contributed by atoms with E-state index in [1.807, 2.05) is 57.2 Å². The number of nitrogens with zero attached hydrogens (tertiary/aromatic N) is 2. The van der Waals surface area contributed by atoms with E-state index < -0.39 is 11.7 Å². The summed E-state index contributed by atoms with van der Waals surface area (Å²) in [5, 5.41) is 6.00. The topological polar surface area (TPSA) is 44.1 Å². The van der Waals surface area contributed by atoms with Crippen molar-refractivity contribution in [2.24, 2.45) is 0 Å². The highest BCUT2D eigenvalue weighted by Gasteiger charge is 2.23. The van der Waals surface area contributed by atoms with E-state index in [2.05, 4.69) is 33.2 Å². The number of aromatic nitrogens is 2. The zero-order valence-electron chi connectivity index (χ0n) is 13.9. The number of halogens is 1. The summed E-state index contributed by atoms with van der Waals surface area (Å²) in [6, 6.07) is 16.0. The minimum atomic E-state index is -0.568. The predicted molar refractivity (Wildman–Crippen MR) is 99.4 cm³/mol. The molecule has 0 aliphatic heterocycles. The summed E-state index contributed by atoms with van der Waals surface area (Å²) in [5.41, 5.74) is 3.14. The molecule has 24 heavy (non-hydrogen) atoms. The van der Waals surface area contributed by atoms with Crippen molar-refractivity contribution < 1.29 is 9.53 Å². The van der Waals surface area contributed by atoms with Crippen LogP contribution in [0.3, 0.4) is 0 Å². The molecule has 0 bridgehead atoms. The highest BCUT2D eigenvalue weighted by Crippen LogP contribution is 2.32. The van der Waals surface area contributed by atoms with Crippen molar-refractivity contribution in [3.8, 4) is 11.1 Å². The molecule has 0 amide bonds. The van der Waals surface area contributed by atoms with Gasteiger partial charge in [-0.15, -0.1) is 0 Å². The summed E-state index contributed by atoms with van der Waals surface area (Å²) in [4.78, 5) is 12.5. The Labute approximate surface area is 149 Å². The second-order valence-electron chi connectivity index (χ2n) is 6.54. The molecule has 4 nitrogen and oxygen atoms in total. The van der Waals surface area contributed by atoms with Gasteiger partial charge in [0, 0.05) is 10.7 Å². The van der Waals surface area contributed by atoms with Gasteiger partial charge in [0.15, 0.2) is 0 Å². The van der Waals surface area contributed by atoms with Crippen molar-refractivity contribution in [2.75, 3.05) is 0 Å². The van der Waals surface area contributed by atoms with Crippen LogP contribution in [0.25, 0.3) is 22.0 Å². The van der Waals surface area contributed by atoms with Gasteiger partial charge in [-0.05, 0) is 38.0 Å². The number of rotatable bonds is 2. The van der Waals surface area contributed by atoms with E-state index in [1.54, 1.807) is 0 Å². The van der Waals surface area contributed by atoms with Gasteiger partial charge in [-0.3, -0.25) is 0 Å². The molecular weight excluding hydrogens is 368 g/mol. The zero-order valence-corrected chi connectivity index (χ0v) is 15.5. The van der Waals surface area contributed by atoms with Gasteiger partial charge in [0.2, 0.25) is 0 Å². The largest absolute Gasteiger partial charge is 0.442 e. The number of alkyl halides is 1. The van der Waals surface area contributed by atoms with Crippen LogP contribution in [0.5, 0.6) is 0 Å². The molecule has 0 N–H and O–H groups in total. The fourth-order valence-electron chi connectivity index (χ4n) is 2.64. The fraction of sp³-hybridized carbons (Fsp3) is 0.263. The number of carbonyl (C=O) groups is 1. The molecule has 0 radical (unpaired) electrons. The molecule has 0 atom stereocenters. The Kier molecular flexibility index (Phi) is 4.45. The van der Waals surface area contributed by atoms with Crippen LogP contribution in [0.4, 0.5) is 4.79 Å². The number of benzene rings is 2. The van der Waals surface area contributed by atoms with Crippen LogP contribution in [0, 0.1) is 0 Å². The van der Waals surface area contributed by atoms with Gasteiger partial charge in [-0.1, -0.05) is 58.4 Å². The summed E-state index contributed by atoms with van der Waals surface area (Å²) in [7, 11) is 0. The van der Waals surface area contributed by atoms with E-state index in [-0.39, 0.29) is 0 Å². The van der Waals surface area contributed by atoms with Crippen LogP contribution in [0.1, 0.15) is 26.5 Å². The van der Waals surface area contributed by atoms with Crippen molar-refractivity contribution in [3.63, 3.8) is 0 Å². The molecule has 124 valence electrons. The fourth-order valence-corrected chi connectivity index (χ4v) is 3.03. The number of carbonyl (C=O) groups excluding carboxylic acids is 1.